The van der Waals surface area contributed by atoms with Crippen molar-refractivity contribution in [3.63, 3.8) is 0 Å². The highest BCUT2D eigenvalue weighted by Crippen LogP contribution is 2.29. The van der Waals surface area contributed by atoms with Crippen molar-refractivity contribution in [2.75, 3.05) is 13.7 Å². The zero-order valence-corrected chi connectivity index (χ0v) is 12.2. The van der Waals surface area contributed by atoms with E-state index in [1.807, 2.05) is 30.3 Å². The van der Waals surface area contributed by atoms with Gasteiger partial charge in [0.2, 0.25) is 0 Å². The zero-order chi connectivity index (χ0) is 13.7. The van der Waals surface area contributed by atoms with E-state index in [4.69, 9.17) is 4.74 Å². The van der Waals surface area contributed by atoms with Crippen LogP contribution < -0.4 is 22.9 Å². The Morgan fingerprint density at radius 3 is 2.35 bits per heavy atom. The lowest BCUT2D eigenvalue weighted by molar-refractivity contribution is -0.368. The number of benzene rings is 2. The van der Waals surface area contributed by atoms with Crippen LogP contribution >= 0.6 is 0 Å². The Hall–Kier alpha value is -1.58. The minimum absolute atomic E-state index is 0. The van der Waals surface area contributed by atoms with E-state index in [9.17, 15) is 4.39 Å². The van der Waals surface area contributed by atoms with Crippen molar-refractivity contribution in [2.24, 2.45) is 0 Å². The molecule has 20 heavy (non-hydrogen) atoms. The van der Waals surface area contributed by atoms with Gasteiger partial charge >= 0.3 is 0 Å². The first-order chi connectivity index (χ1) is 9.24. The molecule has 0 aliphatic heterocycles. The second-order valence-corrected chi connectivity index (χ2v) is 4.53. The number of hydrogen-bond acceptors (Lipinski definition) is 1. The van der Waals surface area contributed by atoms with Gasteiger partial charge in [0.15, 0.2) is 0 Å². The van der Waals surface area contributed by atoms with Crippen LogP contribution in [0, 0.1) is 5.82 Å². The van der Waals surface area contributed by atoms with E-state index in [0.29, 0.717) is 0 Å². The third kappa shape index (κ3) is 3.95. The maximum Gasteiger partial charge on any atom is 0.123 e. The molecule has 3 N–H and O–H groups in total. The fourth-order valence-electron chi connectivity index (χ4n) is 2.31. The largest absolute Gasteiger partial charge is 1.00 e. The van der Waals surface area contributed by atoms with E-state index in [0.717, 1.165) is 29.8 Å². The normalized spacial score (nSPS) is 11.6. The lowest BCUT2D eigenvalue weighted by Crippen LogP contribution is -3.00. The van der Waals surface area contributed by atoms with Crippen molar-refractivity contribution in [1.82, 2.24) is 0 Å². The van der Waals surface area contributed by atoms with Crippen LogP contribution in [0.5, 0.6) is 5.75 Å². The fourth-order valence-corrected chi connectivity index (χ4v) is 2.31. The second-order valence-electron chi connectivity index (χ2n) is 4.53. The predicted molar refractivity (Wildman–Crippen MR) is 73.6 cm³/mol. The number of ether oxygens (including phenoxy) is 1. The molecule has 108 valence electrons. The van der Waals surface area contributed by atoms with E-state index >= 15 is 0 Å². The van der Waals surface area contributed by atoms with Gasteiger partial charge < -0.3 is 22.9 Å². The molecule has 0 aromatic heterocycles. The van der Waals surface area contributed by atoms with Gasteiger partial charge in [0.25, 0.3) is 0 Å². The summed E-state index contributed by atoms with van der Waals surface area (Å²) < 4.78 is 18.6. The van der Waals surface area contributed by atoms with Gasteiger partial charge in [-0.05, 0) is 35.4 Å². The average Bonchev–Trinajstić information content (AvgIpc) is 2.45. The highest BCUT2D eigenvalue weighted by Gasteiger charge is 2.15. The van der Waals surface area contributed by atoms with Gasteiger partial charge in [0.05, 0.1) is 13.7 Å². The second kappa shape index (κ2) is 7.88. The van der Waals surface area contributed by atoms with Crippen molar-refractivity contribution in [3.05, 3.63) is 65.5 Å². The van der Waals surface area contributed by atoms with Gasteiger partial charge in [0.1, 0.15) is 11.6 Å². The molecule has 0 spiro atoms. The summed E-state index contributed by atoms with van der Waals surface area (Å²) in [4.78, 5) is 0. The van der Waals surface area contributed by atoms with E-state index in [1.165, 1.54) is 6.07 Å². The Morgan fingerprint density at radius 2 is 1.75 bits per heavy atom. The minimum atomic E-state index is -0.200. The van der Waals surface area contributed by atoms with Crippen LogP contribution in [0.4, 0.5) is 4.39 Å². The molecule has 0 saturated heterocycles. The number of hydrogen-bond donors (Lipinski definition) is 1. The number of methoxy groups -OCH3 is 1. The molecule has 2 aromatic carbocycles. The van der Waals surface area contributed by atoms with Crippen molar-refractivity contribution < 1.29 is 27.3 Å². The maximum atomic E-state index is 13.4. The fraction of sp³-hybridized carbons (Fsp3) is 0.250. The first-order valence-corrected chi connectivity index (χ1v) is 6.43. The topological polar surface area (TPSA) is 36.9 Å². The maximum absolute atomic E-state index is 13.4. The molecule has 0 aliphatic carbocycles. The molecule has 4 heteroatoms. The van der Waals surface area contributed by atoms with Crippen LogP contribution in [0.1, 0.15) is 23.5 Å². The smallest absolute Gasteiger partial charge is 0.123 e. The molecule has 1 atom stereocenters. The predicted octanol–water partition coefficient (Wildman–Crippen LogP) is -0.398. The summed E-state index contributed by atoms with van der Waals surface area (Å²) in [5, 5.41) is 0. The summed E-state index contributed by atoms with van der Waals surface area (Å²) in [5.41, 5.74) is 6.03. The molecule has 0 fully saturated rings. The van der Waals surface area contributed by atoms with Crippen molar-refractivity contribution in [2.45, 2.75) is 12.3 Å². The van der Waals surface area contributed by atoms with Crippen molar-refractivity contribution >= 4 is 0 Å². The lowest BCUT2D eigenvalue weighted by atomic mass is 9.88. The summed E-state index contributed by atoms with van der Waals surface area (Å²) in [5.74, 6) is 0.778. The summed E-state index contributed by atoms with van der Waals surface area (Å²) in [6, 6.07) is 14.7. The molecule has 0 radical (unpaired) electrons. The van der Waals surface area contributed by atoms with E-state index < -0.39 is 0 Å². The quantitative estimate of drug-likeness (QED) is 0.801. The molecule has 2 aromatic rings. The van der Waals surface area contributed by atoms with Gasteiger partial charge in [-0.15, -0.1) is 0 Å². The highest BCUT2D eigenvalue weighted by molar-refractivity contribution is 5.37. The highest BCUT2D eigenvalue weighted by atomic mass is 35.5. The monoisotopic (exact) mass is 295 g/mol. The Morgan fingerprint density at radius 1 is 1.10 bits per heavy atom. The van der Waals surface area contributed by atoms with Gasteiger partial charge in [-0.2, -0.15) is 0 Å². The molecule has 2 rings (SSSR count). The molecule has 1 unspecified atom stereocenters. The minimum Gasteiger partial charge on any atom is -1.00 e. The first-order valence-electron chi connectivity index (χ1n) is 6.43. The summed E-state index contributed by atoms with van der Waals surface area (Å²) in [6.07, 6.45) is 0.886. The third-order valence-electron chi connectivity index (χ3n) is 3.24. The van der Waals surface area contributed by atoms with E-state index in [-0.39, 0.29) is 24.1 Å². The summed E-state index contributed by atoms with van der Waals surface area (Å²) >= 11 is 0. The Balaban J connectivity index is 0.00000200. The zero-order valence-electron chi connectivity index (χ0n) is 11.5. The average molecular weight is 296 g/mol. The van der Waals surface area contributed by atoms with Crippen molar-refractivity contribution in [1.29, 1.82) is 0 Å². The van der Waals surface area contributed by atoms with Crippen LogP contribution in [0.2, 0.25) is 0 Å². The lowest BCUT2D eigenvalue weighted by Gasteiger charge is -2.17. The van der Waals surface area contributed by atoms with Crippen LogP contribution in [0.15, 0.2) is 48.5 Å². The molecular formula is C16H19ClFNO. The summed E-state index contributed by atoms with van der Waals surface area (Å²) in [7, 11) is 1.65. The SMILES string of the molecule is COc1cccc(C(CC[NH3+])c2cccc(F)c2)c1.[Cl-]. The molecule has 0 amide bonds. The van der Waals surface area contributed by atoms with E-state index in [1.54, 1.807) is 19.2 Å². The van der Waals surface area contributed by atoms with Crippen LogP contribution in [-0.4, -0.2) is 13.7 Å². The van der Waals surface area contributed by atoms with Crippen molar-refractivity contribution in [3.8, 4) is 5.75 Å². The Labute approximate surface area is 125 Å². The number of quaternary nitrogens is 1. The number of halogens is 2. The molecule has 0 bridgehead atoms. The summed E-state index contributed by atoms with van der Waals surface area (Å²) in [6.45, 7) is 0.804. The van der Waals surface area contributed by atoms with Crippen LogP contribution in [-0.2, 0) is 0 Å². The van der Waals surface area contributed by atoms with Gasteiger partial charge in [-0.1, -0.05) is 24.3 Å². The molecule has 0 heterocycles. The van der Waals surface area contributed by atoms with E-state index in [2.05, 4.69) is 5.73 Å². The third-order valence-corrected chi connectivity index (χ3v) is 3.24. The van der Waals surface area contributed by atoms with Gasteiger partial charge in [-0.25, -0.2) is 4.39 Å². The standard InChI is InChI=1S/C16H18FNO.ClH/c1-19-15-7-3-5-13(11-15)16(8-9-18)12-4-2-6-14(17)10-12;/h2-7,10-11,16H,8-9,18H2,1H3;1H. The first kappa shape index (κ1) is 16.5. The van der Waals surface area contributed by atoms with Crippen LogP contribution in [0.3, 0.4) is 0 Å². The molecule has 0 saturated carbocycles. The Kier molecular flexibility index (Phi) is 6.49. The Bertz CT molecular complexity index is 548. The molecular weight excluding hydrogens is 277 g/mol. The van der Waals surface area contributed by atoms with Gasteiger partial charge in [-0.3, -0.25) is 0 Å². The number of rotatable bonds is 5. The molecule has 2 nitrogen and oxygen atoms in total. The van der Waals surface area contributed by atoms with Crippen LogP contribution in [0.25, 0.3) is 0 Å². The van der Waals surface area contributed by atoms with Gasteiger partial charge in [0, 0.05) is 12.3 Å². The molecule has 0 aliphatic rings.